The van der Waals surface area contributed by atoms with E-state index in [-0.39, 0.29) is 18.3 Å². The van der Waals surface area contributed by atoms with Crippen molar-refractivity contribution >= 4 is 24.0 Å². The number of amides is 1. The Morgan fingerprint density at radius 3 is 2.43 bits per heavy atom. The number of halogens is 1. The highest BCUT2D eigenvalue weighted by Gasteiger charge is 2.14. The van der Waals surface area contributed by atoms with Gasteiger partial charge in [0, 0.05) is 17.8 Å². The fourth-order valence-electron chi connectivity index (χ4n) is 3.29. The van der Waals surface area contributed by atoms with Gasteiger partial charge in [-0.3, -0.25) is 4.79 Å². The first-order valence-corrected chi connectivity index (χ1v) is 7.76. The van der Waals surface area contributed by atoms with Gasteiger partial charge in [0.05, 0.1) is 0 Å². The SMILES string of the molecule is Cc1cc(C)c(C(=O)Nc2ccc3c(c2)CNCC3)c(C)c1.Cl. The molecule has 23 heavy (non-hydrogen) atoms. The van der Waals surface area contributed by atoms with Crippen molar-refractivity contribution in [1.82, 2.24) is 5.32 Å². The highest BCUT2D eigenvalue weighted by Crippen LogP contribution is 2.21. The van der Waals surface area contributed by atoms with E-state index in [0.717, 1.165) is 41.9 Å². The van der Waals surface area contributed by atoms with Crippen LogP contribution in [0.15, 0.2) is 30.3 Å². The normalized spacial score (nSPS) is 13.0. The molecule has 122 valence electrons. The molecule has 4 heteroatoms. The molecule has 2 aromatic carbocycles. The van der Waals surface area contributed by atoms with Crippen LogP contribution in [0, 0.1) is 20.8 Å². The summed E-state index contributed by atoms with van der Waals surface area (Å²) >= 11 is 0. The molecule has 0 fully saturated rings. The Morgan fingerprint density at radius 1 is 1.04 bits per heavy atom. The smallest absolute Gasteiger partial charge is 0.256 e. The third-order valence-electron chi connectivity index (χ3n) is 4.25. The molecule has 0 saturated carbocycles. The summed E-state index contributed by atoms with van der Waals surface area (Å²) in [7, 11) is 0. The maximum Gasteiger partial charge on any atom is 0.256 e. The molecular formula is C19H23ClN2O. The number of hydrogen-bond donors (Lipinski definition) is 2. The van der Waals surface area contributed by atoms with Gasteiger partial charge in [-0.1, -0.05) is 23.8 Å². The summed E-state index contributed by atoms with van der Waals surface area (Å²) < 4.78 is 0. The fraction of sp³-hybridized carbons (Fsp3) is 0.316. The van der Waals surface area contributed by atoms with Crippen LogP contribution in [0.2, 0.25) is 0 Å². The van der Waals surface area contributed by atoms with Gasteiger partial charge in [-0.15, -0.1) is 12.4 Å². The Labute approximate surface area is 143 Å². The van der Waals surface area contributed by atoms with Crippen molar-refractivity contribution in [3.8, 4) is 0 Å². The number of rotatable bonds is 2. The van der Waals surface area contributed by atoms with Crippen LogP contribution in [0.1, 0.15) is 38.2 Å². The minimum Gasteiger partial charge on any atom is -0.322 e. The van der Waals surface area contributed by atoms with E-state index >= 15 is 0 Å². The summed E-state index contributed by atoms with van der Waals surface area (Å²) in [6.45, 7) is 7.94. The van der Waals surface area contributed by atoms with Crippen LogP contribution in [-0.2, 0) is 13.0 Å². The molecule has 0 spiro atoms. The summed E-state index contributed by atoms with van der Waals surface area (Å²) in [6, 6.07) is 10.3. The molecule has 0 aliphatic carbocycles. The van der Waals surface area contributed by atoms with E-state index in [9.17, 15) is 4.79 Å². The van der Waals surface area contributed by atoms with Gasteiger partial charge in [-0.25, -0.2) is 0 Å². The zero-order valence-electron chi connectivity index (χ0n) is 13.8. The molecule has 1 aliphatic rings. The largest absolute Gasteiger partial charge is 0.322 e. The summed E-state index contributed by atoms with van der Waals surface area (Å²) in [5, 5.41) is 6.41. The lowest BCUT2D eigenvalue weighted by atomic mass is 9.98. The van der Waals surface area contributed by atoms with Crippen molar-refractivity contribution in [3.05, 3.63) is 63.7 Å². The van der Waals surface area contributed by atoms with E-state index < -0.39 is 0 Å². The quantitative estimate of drug-likeness (QED) is 0.876. The zero-order valence-corrected chi connectivity index (χ0v) is 14.6. The third-order valence-corrected chi connectivity index (χ3v) is 4.25. The number of aryl methyl sites for hydroxylation is 3. The zero-order chi connectivity index (χ0) is 15.7. The van der Waals surface area contributed by atoms with Crippen molar-refractivity contribution < 1.29 is 4.79 Å². The van der Waals surface area contributed by atoms with Crippen LogP contribution in [0.3, 0.4) is 0 Å². The van der Waals surface area contributed by atoms with Gasteiger partial charge in [-0.2, -0.15) is 0 Å². The van der Waals surface area contributed by atoms with Gasteiger partial charge in [0.25, 0.3) is 5.91 Å². The number of carbonyl (C=O) groups excluding carboxylic acids is 1. The fourth-order valence-corrected chi connectivity index (χ4v) is 3.29. The maximum absolute atomic E-state index is 12.6. The Kier molecular flexibility index (Phi) is 5.45. The van der Waals surface area contributed by atoms with E-state index in [0.29, 0.717) is 0 Å². The number of carbonyl (C=O) groups is 1. The first-order chi connectivity index (χ1) is 10.5. The van der Waals surface area contributed by atoms with Gasteiger partial charge in [0.2, 0.25) is 0 Å². The van der Waals surface area contributed by atoms with Crippen LogP contribution in [0.4, 0.5) is 5.69 Å². The monoisotopic (exact) mass is 330 g/mol. The Morgan fingerprint density at radius 2 is 1.74 bits per heavy atom. The van der Waals surface area contributed by atoms with E-state index in [1.807, 2.05) is 19.9 Å². The Hall–Kier alpha value is -1.84. The van der Waals surface area contributed by atoms with E-state index in [4.69, 9.17) is 0 Å². The molecule has 1 aliphatic heterocycles. The lowest BCUT2D eigenvalue weighted by Crippen LogP contribution is -2.24. The molecule has 3 nitrogen and oxygen atoms in total. The Balaban J connectivity index is 0.00000192. The minimum atomic E-state index is -0.0290. The second-order valence-electron chi connectivity index (χ2n) is 6.14. The molecule has 3 rings (SSSR count). The predicted molar refractivity (Wildman–Crippen MR) is 97.7 cm³/mol. The molecule has 0 radical (unpaired) electrons. The highest BCUT2D eigenvalue weighted by molar-refractivity contribution is 6.06. The number of fused-ring (bicyclic) bond motifs is 1. The van der Waals surface area contributed by atoms with Gasteiger partial charge in [0.1, 0.15) is 0 Å². The minimum absolute atomic E-state index is 0. The summed E-state index contributed by atoms with van der Waals surface area (Å²) in [4.78, 5) is 12.6. The first kappa shape index (κ1) is 17.5. The summed E-state index contributed by atoms with van der Waals surface area (Å²) in [6.07, 6.45) is 1.06. The van der Waals surface area contributed by atoms with Crippen LogP contribution < -0.4 is 10.6 Å². The molecule has 0 unspecified atom stereocenters. The van der Waals surface area contributed by atoms with Crippen molar-refractivity contribution in [2.24, 2.45) is 0 Å². The van der Waals surface area contributed by atoms with E-state index in [1.54, 1.807) is 0 Å². The average Bonchev–Trinajstić information content (AvgIpc) is 2.46. The van der Waals surface area contributed by atoms with Crippen LogP contribution in [-0.4, -0.2) is 12.5 Å². The standard InChI is InChI=1S/C19H22N2O.ClH/c1-12-8-13(2)18(14(3)9-12)19(22)21-17-5-4-15-6-7-20-11-16(15)10-17;/h4-5,8-10,20H,6-7,11H2,1-3H3,(H,21,22);1H. The van der Waals surface area contributed by atoms with Crippen molar-refractivity contribution in [1.29, 1.82) is 0 Å². The van der Waals surface area contributed by atoms with Gasteiger partial charge in [-0.05, 0) is 68.1 Å². The molecule has 2 aromatic rings. The van der Waals surface area contributed by atoms with E-state index in [2.05, 4.69) is 41.8 Å². The molecule has 0 aromatic heterocycles. The lowest BCUT2D eigenvalue weighted by Gasteiger charge is -2.18. The first-order valence-electron chi connectivity index (χ1n) is 7.76. The van der Waals surface area contributed by atoms with Gasteiger partial charge >= 0.3 is 0 Å². The number of anilines is 1. The number of benzene rings is 2. The van der Waals surface area contributed by atoms with E-state index in [1.165, 1.54) is 16.7 Å². The molecule has 0 bridgehead atoms. The third kappa shape index (κ3) is 3.74. The van der Waals surface area contributed by atoms with Crippen molar-refractivity contribution in [2.75, 3.05) is 11.9 Å². The lowest BCUT2D eigenvalue weighted by molar-refractivity contribution is 0.102. The van der Waals surface area contributed by atoms with Gasteiger partial charge in [0.15, 0.2) is 0 Å². The topological polar surface area (TPSA) is 41.1 Å². The highest BCUT2D eigenvalue weighted by atomic mass is 35.5. The van der Waals surface area contributed by atoms with Crippen molar-refractivity contribution in [3.63, 3.8) is 0 Å². The number of hydrogen-bond acceptors (Lipinski definition) is 2. The van der Waals surface area contributed by atoms with Crippen molar-refractivity contribution in [2.45, 2.75) is 33.7 Å². The van der Waals surface area contributed by atoms with Crippen LogP contribution in [0.5, 0.6) is 0 Å². The molecule has 1 amide bonds. The second-order valence-corrected chi connectivity index (χ2v) is 6.14. The summed E-state index contributed by atoms with van der Waals surface area (Å²) in [5.74, 6) is -0.0290. The van der Waals surface area contributed by atoms with Crippen LogP contribution in [0.25, 0.3) is 0 Å². The molecule has 0 saturated heterocycles. The molecule has 1 heterocycles. The molecule has 2 N–H and O–H groups in total. The average molecular weight is 331 g/mol. The Bertz CT molecular complexity index is 717. The number of nitrogens with one attached hydrogen (secondary N) is 2. The predicted octanol–water partition coefficient (Wildman–Crippen LogP) is 3.93. The maximum atomic E-state index is 12.6. The second kappa shape index (κ2) is 7.16. The summed E-state index contributed by atoms with van der Waals surface area (Å²) in [5.41, 5.74) is 7.53. The van der Waals surface area contributed by atoms with Gasteiger partial charge < -0.3 is 10.6 Å². The molecular weight excluding hydrogens is 308 g/mol. The van der Waals surface area contributed by atoms with Crippen LogP contribution >= 0.6 is 12.4 Å². The molecule has 0 atom stereocenters.